The fourth-order valence-electron chi connectivity index (χ4n) is 2.05. The highest BCUT2D eigenvalue weighted by Crippen LogP contribution is 2.26. The third-order valence-electron chi connectivity index (χ3n) is 3.20. The molecule has 4 N–H and O–H groups in total. The monoisotopic (exact) mass is 280 g/mol. The van der Waals surface area contributed by atoms with Crippen LogP contribution in [0.5, 0.6) is 11.5 Å². The number of hydrogen-bond acceptors (Lipinski definition) is 6. The number of carbonyl (C=O) groups is 1. The van der Waals surface area contributed by atoms with Crippen molar-refractivity contribution in [3.8, 4) is 11.5 Å². The maximum absolute atomic E-state index is 11.6. The van der Waals surface area contributed by atoms with Crippen LogP contribution in [0.1, 0.15) is 18.4 Å². The number of phenols is 2. The first-order chi connectivity index (χ1) is 9.47. The predicted octanol–water partition coefficient (Wildman–Crippen LogP) is 0.538. The molecule has 1 aromatic carbocycles. The van der Waals surface area contributed by atoms with E-state index in [1.807, 2.05) is 0 Å². The number of phenolic OH excluding ortho intramolecular Hbond substituents is 2. The highest BCUT2D eigenvalue weighted by Gasteiger charge is 2.35. The summed E-state index contributed by atoms with van der Waals surface area (Å²) >= 11 is 0. The molecule has 6 heteroatoms. The van der Waals surface area contributed by atoms with Crippen molar-refractivity contribution in [3.63, 3.8) is 0 Å². The Morgan fingerprint density at radius 3 is 2.55 bits per heavy atom. The average molecular weight is 280 g/mol. The number of aliphatic hydroxyl groups is 2. The Kier molecular flexibility index (Phi) is 4.26. The van der Waals surface area contributed by atoms with Crippen molar-refractivity contribution in [2.24, 2.45) is 0 Å². The Bertz CT molecular complexity index is 524. The minimum atomic E-state index is -1.05. The molecule has 0 bridgehead atoms. The van der Waals surface area contributed by atoms with Crippen molar-refractivity contribution in [2.45, 2.75) is 31.2 Å². The van der Waals surface area contributed by atoms with Crippen LogP contribution in [0.3, 0.4) is 0 Å². The average Bonchev–Trinajstić information content (AvgIpc) is 2.72. The SMILES string of the molecule is O=C(/C=C/c1ccc(O)c(O)c1)OC1CC[C@@H](O)[C@H]1O. The molecule has 0 aromatic heterocycles. The van der Waals surface area contributed by atoms with Crippen molar-refractivity contribution in [2.75, 3.05) is 0 Å². The van der Waals surface area contributed by atoms with Crippen LogP contribution in [0.15, 0.2) is 24.3 Å². The molecule has 6 nitrogen and oxygen atoms in total. The molecule has 0 heterocycles. The van der Waals surface area contributed by atoms with Gasteiger partial charge in [-0.25, -0.2) is 4.79 Å². The van der Waals surface area contributed by atoms with Crippen molar-refractivity contribution in [3.05, 3.63) is 29.8 Å². The number of carbonyl (C=O) groups excluding carboxylic acids is 1. The molecule has 0 spiro atoms. The summed E-state index contributed by atoms with van der Waals surface area (Å²) in [5.74, 6) is -1.17. The van der Waals surface area contributed by atoms with Crippen molar-refractivity contribution >= 4 is 12.0 Å². The molecule has 0 aliphatic heterocycles. The number of hydrogen-bond donors (Lipinski definition) is 4. The summed E-state index contributed by atoms with van der Waals surface area (Å²) in [7, 11) is 0. The molecule has 20 heavy (non-hydrogen) atoms. The quantitative estimate of drug-likeness (QED) is 0.366. The van der Waals surface area contributed by atoms with Gasteiger partial charge in [0.2, 0.25) is 0 Å². The van der Waals surface area contributed by atoms with Crippen LogP contribution in [0.2, 0.25) is 0 Å². The molecule has 0 amide bonds. The standard InChI is InChI=1S/C14H16O6/c15-9-3-1-8(7-11(9)17)2-6-13(18)20-12-5-4-10(16)14(12)19/h1-3,6-7,10,12,14-17,19H,4-5H2/b6-2+/t10-,12?,14-/m1/s1. The Morgan fingerprint density at radius 1 is 1.20 bits per heavy atom. The summed E-state index contributed by atoms with van der Waals surface area (Å²) < 4.78 is 5.02. The van der Waals surface area contributed by atoms with Crippen molar-refractivity contribution < 1.29 is 30.0 Å². The Balaban J connectivity index is 1.94. The van der Waals surface area contributed by atoms with Crippen LogP contribution in [0, 0.1) is 0 Å². The fraction of sp³-hybridized carbons (Fsp3) is 0.357. The topological polar surface area (TPSA) is 107 Å². The van der Waals surface area contributed by atoms with E-state index < -0.39 is 24.3 Å². The van der Waals surface area contributed by atoms with Gasteiger partial charge < -0.3 is 25.2 Å². The lowest BCUT2D eigenvalue weighted by molar-refractivity contribution is -0.148. The number of benzene rings is 1. The highest BCUT2D eigenvalue weighted by atomic mass is 16.6. The summed E-state index contributed by atoms with van der Waals surface area (Å²) in [4.78, 5) is 11.6. The van der Waals surface area contributed by atoms with E-state index in [4.69, 9.17) is 9.84 Å². The van der Waals surface area contributed by atoms with Gasteiger partial charge in [-0.05, 0) is 36.6 Å². The van der Waals surface area contributed by atoms with Gasteiger partial charge in [0.05, 0.1) is 6.10 Å². The van der Waals surface area contributed by atoms with Crippen molar-refractivity contribution in [1.82, 2.24) is 0 Å². The summed E-state index contributed by atoms with van der Waals surface area (Å²) in [5.41, 5.74) is 0.518. The molecule has 1 aliphatic carbocycles. The van der Waals surface area contributed by atoms with E-state index in [2.05, 4.69) is 0 Å². The molecule has 1 saturated carbocycles. The van der Waals surface area contributed by atoms with Gasteiger partial charge in [-0.15, -0.1) is 0 Å². The molecule has 3 atom stereocenters. The third kappa shape index (κ3) is 3.28. The molecular weight excluding hydrogens is 264 g/mol. The summed E-state index contributed by atoms with van der Waals surface area (Å²) in [6.07, 6.45) is 0.783. The molecule has 2 rings (SSSR count). The smallest absolute Gasteiger partial charge is 0.331 e. The van der Waals surface area contributed by atoms with Gasteiger partial charge >= 0.3 is 5.97 Å². The van der Waals surface area contributed by atoms with Crippen LogP contribution in [-0.4, -0.2) is 44.7 Å². The van der Waals surface area contributed by atoms with E-state index in [1.165, 1.54) is 24.3 Å². The zero-order valence-corrected chi connectivity index (χ0v) is 10.6. The van der Waals surface area contributed by atoms with E-state index in [0.717, 1.165) is 6.08 Å². The minimum absolute atomic E-state index is 0.243. The van der Waals surface area contributed by atoms with Gasteiger partial charge in [0.1, 0.15) is 12.2 Å². The Hall–Kier alpha value is -2.05. The van der Waals surface area contributed by atoms with E-state index >= 15 is 0 Å². The number of ether oxygens (including phenoxy) is 1. The Morgan fingerprint density at radius 2 is 1.95 bits per heavy atom. The number of aliphatic hydroxyl groups excluding tert-OH is 2. The lowest BCUT2D eigenvalue weighted by Crippen LogP contribution is -2.32. The second kappa shape index (κ2) is 5.94. The second-order valence-electron chi connectivity index (χ2n) is 4.69. The zero-order chi connectivity index (χ0) is 14.7. The molecule has 1 aromatic rings. The van der Waals surface area contributed by atoms with E-state index in [0.29, 0.717) is 18.4 Å². The molecule has 0 saturated heterocycles. The molecule has 0 radical (unpaired) electrons. The molecule has 1 fully saturated rings. The van der Waals surface area contributed by atoms with Gasteiger partial charge in [0, 0.05) is 6.08 Å². The van der Waals surface area contributed by atoms with Crippen LogP contribution in [0.4, 0.5) is 0 Å². The largest absolute Gasteiger partial charge is 0.504 e. The van der Waals surface area contributed by atoms with Gasteiger partial charge in [0.25, 0.3) is 0 Å². The number of rotatable bonds is 3. The normalized spacial score (nSPS) is 26.0. The lowest BCUT2D eigenvalue weighted by atomic mass is 10.2. The van der Waals surface area contributed by atoms with Crippen LogP contribution in [-0.2, 0) is 9.53 Å². The molecule has 1 unspecified atom stereocenters. The van der Waals surface area contributed by atoms with E-state index in [1.54, 1.807) is 0 Å². The Labute approximate surface area is 115 Å². The van der Waals surface area contributed by atoms with Gasteiger partial charge in [-0.2, -0.15) is 0 Å². The maximum Gasteiger partial charge on any atom is 0.331 e. The second-order valence-corrected chi connectivity index (χ2v) is 4.69. The summed E-state index contributed by atoms with van der Waals surface area (Å²) in [6, 6.07) is 4.12. The van der Waals surface area contributed by atoms with Crippen LogP contribution >= 0.6 is 0 Å². The number of aromatic hydroxyl groups is 2. The summed E-state index contributed by atoms with van der Waals surface area (Å²) in [6.45, 7) is 0. The first-order valence-corrected chi connectivity index (χ1v) is 6.24. The molecule has 108 valence electrons. The highest BCUT2D eigenvalue weighted by molar-refractivity contribution is 5.87. The minimum Gasteiger partial charge on any atom is -0.504 e. The first kappa shape index (κ1) is 14.4. The van der Waals surface area contributed by atoms with Crippen LogP contribution in [0.25, 0.3) is 6.08 Å². The van der Waals surface area contributed by atoms with Crippen LogP contribution < -0.4 is 0 Å². The van der Waals surface area contributed by atoms with E-state index in [-0.39, 0.29) is 11.5 Å². The lowest BCUT2D eigenvalue weighted by Gasteiger charge is -2.15. The van der Waals surface area contributed by atoms with E-state index in [9.17, 15) is 20.1 Å². The fourth-order valence-corrected chi connectivity index (χ4v) is 2.05. The van der Waals surface area contributed by atoms with Gasteiger partial charge in [0.15, 0.2) is 11.5 Å². The summed E-state index contributed by atoms with van der Waals surface area (Å²) in [5, 5.41) is 37.3. The molecule has 1 aliphatic rings. The van der Waals surface area contributed by atoms with Gasteiger partial charge in [-0.3, -0.25) is 0 Å². The molecular formula is C14H16O6. The zero-order valence-electron chi connectivity index (χ0n) is 10.6. The van der Waals surface area contributed by atoms with Crippen molar-refractivity contribution in [1.29, 1.82) is 0 Å². The third-order valence-corrected chi connectivity index (χ3v) is 3.20. The first-order valence-electron chi connectivity index (χ1n) is 6.24. The van der Waals surface area contributed by atoms with Gasteiger partial charge in [-0.1, -0.05) is 6.07 Å². The maximum atomic E-state index is 11.6. The number of esters is 1. The predicted molar refractivity (Wildman–Crippen MR) is 69.9 cm³/mol.